The van der Waals surface area contributed by atoms with Gasteiger partial charge >= 0.3 is 0 Å². The van der Waals surface area contributed by atoms with Gasteiger partial charge in [-0.3, -0.25) is 9.59 Å². The highest BCUT2D eigenvalue weighted by molar-refractivity contribution is 5.81. The molecule has 0 bridgehead atoms. The van der Waals surface area contributed by atoms with Crippen LogP contribution in [0.3, 0.4) is 0 Å². The predicted octanol–water partition coefficient (Wildman–Crippen LogP) is 3.56. The van der Waals surface area contributed by atoms with E-state index in [2.05, 4.69) is 4.90 Å². The van der Waals surface area contributed by atoms with Gasteiger partial charge in [0.2, 0.25) is 5.91 Å². The lowest BCUT2D eigenvalue weighted by atomic mass is 9.67. The van der Waals surface area contributed by atoms with E-state index < -0.39 is 0 Å². The van der Waals surface area contributed by atoms with Crippen LogP contribution in [0.15, 0.2) is 0 Å². The van der Waals surface area contributed by atoms with Crippen molar-refractivity contribution in [3.05, 3.63) is 0 Å². The minimum Gasteiger partial charge on any atom is -0.339 e. The number of carbonyl (C=O) groups excluding carboxylic acids is 2. The Kier molecular flexibility index (Phi) is 4.66. The summed E-state index contributed by atoms with van der Waals surface area (Å²) in [4.78, 5) is 26.3. The fourth-order valence-corrected chi connectivity index (χ4v) is 5.00. The molecule has 118 valence electrons. The average molecular weight is 291 g/mol. The highest BCUT2D eigenvalue weighted by Gasteiger charge is 2.39. The fraction of sp³-hybridized carbons (Fsp3) is 0.889. The van der Waals surface area contributed by atoms with Crippen molar-refractivity contribution in [2.75, 3.05) is 6.54 Å². The van der Waals surface area contributed by atoms with Crippen molar-refractivity contribution in [1.82, 2.24) is 4.90 Å². The Morgan fingerprint density at radius 1 is 0.952 bits per heavy atom. The zero-order valence-corrected chi connectivity index (χ0v) is 13.4. The van der Waals surface area contributed by atoms with Crippen molar-refractivity contribution < 1.29 is 9.59 Å². The summed E-state index contributed by atoms with van der Waals surface area (Å²) in [5.41, 5.74) is 0. The van der Waals surface area contributed by atoms with Gasteiger partial charge in [-0.25, -0.2) is 0 Å². The van der Waals surface area contributed by atoms with Crippen LogP contribution < -0.4 is 0 Å². The van der Waals surface area contributed by atoms with Crippen LogP contribution in [-0.2, 0) is 9.59 Å². The van der Waals surface area contributed by atoms with E-state index in [0.717, 1.165) is 44.1 Å². The fourth-order valence-electron chi connectivity index (χ4n) is 5.00. The molecule has 21 heavy (non-hydrogen) atoms. The minimum atomic E-state index is 0.194. The van der Waals surface area contributed by atoms with E-state index in [1.165, 1.54) is 32.1 Å². The first-order chi connectivity index (χ1) is 10.1. The predicted molar refractivity (Wildman–Crippen MR) is 82.8 cm³/mol. The molecule has 1 amide bonds. The molecule has 4 unspecified atom stereocenters. The van der Waals surface area contributed by atoms with Gasteiger partial charge in [0.25, 0.3) is 0 Å². The van der Waals surface area contributed by atoms with Gasteiger partial charge in [0.15, 0.2) is 0 Å². The number of ketones is 1. The quantitative estimate of drug-likeness (QED) is 0.797. The summed E-state index contributed by atoms with van der Waals surface area (Å²) in [6.45, 7) is 2.52. The number of nitrogens with zero attached hydrogens (tertiary/aromatic N) is 1. The molecule has 0 aromatic carbocycles. The number of Topliss-reactive ketones (excluding diaryl/α,β-unsaturated/α-hetero) is 1. The van der Waals surface area contributed by atoms with Gasteiger partial charge in [-0.05, 0) is 50.9 Å². The highest BCUT2D eigenvalue weighted by Crippen LogP contribution is 2.43. The largest absolute Gasteiger partial charge is 0.339 e. The zero-order chi connectivity index (χ0) is 14.8. The number of rotatable bonds is 3. The van der Waals surface area contributed by atoms with Crippen molar-refractivity contribution in [3.63, 3.8) is 0 Å². The number of amides is 1. The van der Waals surface area contributed by atoms with Crippen molar-refractivity contribution in [2.24, 2.45) is 17.8 Å². The maximum atomic E-state index is 12.9. The summed E-state index contributed by atoms with van der Waals surface area (Å²) in [5.74, 6) is 2.53. The minimum absolute atomic E-state index is 0.194. The normalized spacial score (nSPS) is 36.3. The van der Waals surface area contributed by atoms with E-state index in [0.29, 0.717) is 12.3 Å². The van der Waals surface area contributed by atoms with E-state index in [-0.39, 0.29) is 17.7 Å². The van der Waals surface area contributed by atoms with Crippen molar-refractivity contribution in [2.45, 2.75) is 77.2 Å². The molecule has 0 spiro atoms. The van der Waals surface area contributed by atoms with Crippen LogP contribution >= 0.6 is 0 Å². The van der Waals surface area contributed by atoms with Crippen LogP contribution in [0.5, 0.6) is 0 Å². The van der Waals surface area contributed by atoms with Crippen molar-refractivity contribution >= 4 is 11.7 Å². The van der Waals surface area contributed by atoms with Gasteiger partial charge in [0.05, 0.1) is 0 Å². The smallest absolute Gasteiger partial charge is 0.225 e. The molecule has 1 saturated heterocycles. The molecule has 3 heteroatoms. The second-order valence-electron chi connectivity index (χ2n) is 7.55. The standard InChI is InChI=1S/C18H29NO2/c1-13(20)11-17-7-4-10-19(17)18(21)16-9-8-14-5-2-3-6-15(14)12-16/h14-17H,2-12H2,1H3. The Hall–Kier alpha value is -0.860. The Bertz CT molecular complexity index is 406. The summed E-state index contributed by atoms with van der Waals surface area (Å²) >= 11 is 0. The Labute approximate surface area is 128 Å². The summed E-state index contributed by atoms with van der Waals surface area (Å²) in [6, 6.07) is 0.194. The van der Waals surface area contributed by atoms with Gasteiger partial charge in [-0.2, -0.15) is 0 Å². The van der Waals surface area contributed by atoms with Crippen molar-refractivity contribution in [1.29, 1.82) is 0 Å². The molecule has 0 aromatic heterocycles. The number of hydrogen-bond acceptors (Lipinski definition) is 2. The molecule has 2 saturated carbocycles. The maximum Gasteiger partial charge on any atom is 0.225 e. The van der Waals surface area contributed by atoms with Crippen LogP contribution in [0.2, 0.25) is 0 Å². The van der Waals surface area contributed by atoms with Gasteiger partial charge in [-0.1, -0.05) is 25.7 Å². The lowest BCUT2D eigenvalue weighted by Crippen LogP contribution is -2.43. The van der Waals surface area contributed by atoms with Crippen LogP contribution in [0, 0.1) is 17.8 Å². The lowest BCUT2D eigenvalue weighted by Gasteiger charge is -2.40. The molecular weight excluding hydrogens is 262 g/mol. The van der Waals surface area contributed by atoms with Crippen LogP contribution in [-0.4, -0.2) is 29.2 Å². The van der Waals surface area contributed by atoms with Gasteiger partial charge in [0.1, 0.15) is 5.78 Å². The first-order valence-electron chi connectivity index (χ1n) is 8.95. The Morgan fingerprint density at radius 2 is 1.71 bits per heavy atom. The molecule has 2 aliphatic carbocycles. The average Bonchev–Trinajstić information content (AvgIpc) is 2.93. The molecule has 1 heterocycles. The van der Waals surface area contributed by atoms with Crippen LogP contribution in [0.4, 0.5) is 0 Å². The zero-order valence-electron chi connectivity index (χ0n) is 13.4. The Balaban J connectivity index is 1.60. The van der Waals surface area contributed by atoms with E-state index >= 15 is 0 Å². The molecule has 4 atom stereocenters. The molecule has 0 N–H and O–H groups in total. The van der Waals surface area contributed by atoms with Crippen LogP contribution in [0.25, 0.3) is 0 Å². The van der Waals surface area contributed by atoms with E-state index in [1.54, 1.807) is 6.92 Å². The second kappa shape index (κ2) is 6.50. The molecule has 0 aromatic rings. The molecule has 3 rings (SSSR count). The molecule has 3 nitrogen and oxygen atoms in total. The summed E-state index contributed by atoms with van der Waals surface area (Å²) in [5, 5.41) is 0. The summed E-state index contributed by atoms with van der Waals surface area (Å²) < 4.78 is 0. The molecular formula is C18H29NO2. The molecule has 0 radical (unpaired) electrons. The van der Waals surface area contributed by atoms with E-state index in [9.17, 15) is 9.59 Å². The SMILES string of the molecule is CC(=O)CC1CCCN1C(=O)C1CCC2CCCCC2C1. The summed E-state index contributed by atoms with van der Waals surface area (Å²) in [6.07, 6.45) is 11.6. The van der Waals surface area contributed by atoms with Gasteiger partial charge in [-0.15, -0.1) is 0 Å². The first kappa shape index (κ1) is 15.1. The van der Waals surface area contributed by atoms with Gasteiger partial charge in [0, 0.05) is 24.9 Å². The third-order valence-electron chi connectivity index (χ3n) is 6.07. The maximum absolute atomic E-state index is 12.9. The number of carbonyl (C=O) groups is 2. The lowest BCUT2D eigenvalue weighted by molar-refractivity contribution is -0.139. The number of hydrogen-bond donors (Lipinski definition) is 0. The summed E-state index contributed by atoms with van der Waals surface area (Å²) in [7, 11) is 0. The van der Waals surface area contributed by atoms with E-state index in [4.69, 9.17) is 0 Å². The Morgan fingerprint density at radius 3 is 2.48 bits per heavy atom. The monoisotopic (exact) mass is 291 g/mol. The second-order valence-corrected chi connectivity index (χ2v) is 7.55. The number of fused-ring (bicyclic) bond motifs is 1. The topological polar surface area (TPSA) is 37.4 Å². The third-order valence-corrected chi connectivity index (χ3v) is 6.07. The number of likely N-dealkylation sites (tertiary alicyclic amines) is 1. The highest BCUT2D eigenvalue weighted by atomic mass is 16.2. The van der Waals surface area contributed by atoms with Crippen molar-refractivity contribution in [3.8, 4) is 0 Å². The molecule has 1 aliphatic heterocycles. The molecule has 3 fully saturated rings. The first-order valence-corrected chi connectivity index (χ1v) is 8.95. The molecule has 3 aliphatic rings. The van der Waals surface area contributed by atoms with E-state index in [1.807, 2.05) is 0 Å². The van der Waals surface area contributed by atoms with Gasteiger partial charge < -0.3 is 4.90 Å². The third kappa shape index (κ3) is 3.32. The van der Waals surface area contributed by atoms with Crippen LogP contribution in [0.1, 0.15) is 71.1 Å².